The summed E-state index contributed by atoms with van der Waals surface area (Å²) in [6.07, 6.45) is 4.48. The van der Waals surface area contributed by atoms with E-state index in [4.69, 9.17) is 0 Å². The number of hydrogen-bond donors (Lipinski definition) is 1. The van der Waals surface area contributed by atoms with Crippen LogP contribution in [0.1, 0.15) is 30.3 Å². The van der Waals surface area contributed by atoms with Crippen molar-refractivity contribution < 1.29 is 0 Å². The highest BCUT2D eigenvalue weighted by Gasteiger charge is 2.06. The van der Waals surface area contributed by atoms with Crippen LogP contribution in [0, 0.1) is 6.92 Å². The quantitative estimate of drug-likeness (QED) is 0.802. The van der Waals surface area contributed by atoms with Crippen molar-refractivity contribution in [2.45, 2.75) is 33.2 Å². The summed E-state index contributed by atoms with van der Waals surface area (Å²) >= 11 is 5.26. The largest absolute Gasteiger partial charge is 0.356 e. The lowest BCUT2D eigenvalue weighted by molar-refractivity contribution is 0.782. The van der Waals surface area contributed by atoms with Gasteiger partial charge in [-0.2, -0.15) is 0 Å². The minimum Gasteiger partial charge on any atom is -0.356 e. The highest BCUT2D eigenvalue weighted by molar-refractivity contribution is 9.10. The van der Waals surface area contributed by atoms with Gasteiger partial charge in [-0.25, -0.2) is 4.98 Å². The average molecular weight is 328 g/mol. The van der Waals surface area contributed by atoms with Crippen molar-refractivity contribution in [2.75, 3.05) is 11.9 Å². The number of nitrogens with one attached hydrogen (secondary N) is 1. The van der Waals surface area contributed by atoms with E-state index in [9.17, 15) is 0 Å². The van der Waals surface area contributed by atoms with E-state index in [1.807, 2.05) is 6.92 Å². The van der Waals surface area contributed by atoms with Gasteiger partial charge in [0.05, 0.1) is 12.2 Å². The van der Waals surface area contributed by atoms with Gasteiger partial charge in [-0.15, -0.1) is 11.3 Å². The van der Waals surface area contributed by atoms with Crippen molar-refractivity contribution in [1.29, 1.82) is 0 Å². The third-order valence-electron chi connectivity index (χ3n) is 2.66. The van der Waals surface area contributed by atoms with Gasteiger partial charge < -0.3 is 9.88 Å². The Morgan fingerprint density at radius 1 is 1.50 bits per heavy atom. The second-order valence-electron chi connectivity index (χ2n) is 4.35. The number of rotatable bonds is 6. The van der Waals surface area contributed by atoms with Crippen LogP contribution in [0.5, 0.6) is 0 Å². The van der Waals surface area contributed by atoms with Gasteiger partial charge in [0.25, 0.3) is 0 Å². The van der Waals surface area contributed by atoms with E-state index in [1.54, 1.807) is 11.3 Å². The second kappa shape index (κ2) is 6.38. The van der Waals surface area contributed by atoms with Crippen LogP contribution in [0.25, 0.3) is 0 Å². The van der Waals surface area contributed by atoms with Gasteiger partial charge in [0.15, 0.2) is 0 Å². The van der Waals surface area contributed by atoms with Gasteiger partial charge in [-0.3, -0.25) is 0 Å². The lowest BCUT2D eigenvalue weighted by atomic mass is 10.3. The first-order valence-electron chi connectivity index (χ1n) is 6.19. The standard InChI is InChI=1S/C13H18BrN3S/c1-3-4-5-15-13-16-10(2)7-17(13)8-12-6-11(14)9-18-12/h6-7,9H,3-5,8H2,1-2H3,(H,15,16). The summed E-state index contributed by atoms with van der Waals surface area (Å²) in [5, 5.41) is 5.52. The molecule has 0 amide bonds. The Bertz CT molecular complexity index is 504. The molecule has 2 aromatic heterocycles. The molecular formula is C13H18BrN3S. The average Bonchev–Trinajstić information content (AvgIpc) is 2.87. The highest BCUT2D eigenvalue weighted by atomic mass is 79.9. The van der Waals surface area contributed by atoms with Gasteiger partial charge in [-0.05, 0) is 35.3 Å². The van der Waals surface area contributed by atoms with Gasteiger partial charge in [0, 0.05) is 27.5 Å². The van der Waals surface area contributed by atoms with Crippen LogP contribution in [0.4, 0.5) is 5.95 Å². The summed E-state index contributed by atoms with van der Waals surface area (Å²) in [7, 11) is 0. The fraction of sp³-hybridized carbons (Fsp3) is 0.462. The maximum Gasteiger partial charge on any atom is 0.203 e. The number of imidazole rings is 1. The predicted molar refractivity (Wildman–Crippen MR) is 81.5 cm³/mol. The molecule has 0 aromatic carbocycles. The molecule has 0 bridgehead atoms. The number of nitrogens with zero attached hydrogens (tertiary/aromatic N) is 2. The summed E-state index contributed by atoms with van der Waals surface area (Å²) in [5.74, 6) is 0.977. The molecule has 2 heterocycles. The van der Waals surface area contributed by atoms with E-state index < -0.39 is 0 Å². The van der Waals surface area contributed by atoms with Crippen LogP contribution in [-0.4, -0.2) is 16.1 Å². The molecule has 0 unspecified atom stereocenters. The fourth-order valence-corrected chi connectivity index (χ4v) is 3.24. The minimum atomic E-state index is 0.881. The Kier molecular flexibility index (Phi) is 4.83. The van der Waals surface area contributed by atoms with Crippen LogP contribution in [0.15, 0.2) is 22.1 Å². The summed E-state index contributed by atoms with van der Waals surface area (Å²) in [6.45, 7) is 6.10. The molecule has 0 saturated carbocycles. The van der Waals surface area contributed by atoms with Crippen molar-refractivity contribution in [1.82, 2.24) is 9.55 Å². The van der Waals surface area contributed by atoms with E-state index in [2.05, 4.69) is 55.4 Å². The van der Waals surface area contributed by atoms with E-state index >= 15 is 0 Å². The summed E-state index contributed by atoms with van der Waals surface area (Å²) < 4.78 is 3.34. The molecule has 98 valence electrons. The van der Waals surface area contributed by atoms with E-state index in [1.165, 1.54) is 17.7 Å². The number of thiophene rings is 1. The lowest BCUT2D eigenvalue weighted by Crippen LogP contribution is -2.08. The minimum absolute atomic E-state index is 0.881. The van der Waals surface area contributed by atoms with E-state index in [0.29, 0.717) is 0 Å². The van der Waals surface area contributed by atoms with Crippen molar-refractivity contribution in [3.05, 3.63) is 32.7 Å². The highest BCUT2D eigenvalue weighted by Crippen LogP contribution is 2.22. The van der Waals surface area contributed by atoms with Crippen LogP contribution < -0.4 is 5.32 Å². The maximum absolute atomic E-state index is 4.53. The molecular weight excluding hydrogens is 310 g/mol. The zero-order valence-corrected chi connectivity index (χ0v) is 13.1. The fourth-order valence-electron chi connectivity index (χ4n) is 1.79. The molecule has 0 saturated heterocycles. The second-order valence-corrected chi connectivity index (χ2v) is 6.26. The van der Waals surface area contributed by atoms with Gasteiger partial charge in [0.1, 0.15) is 0 Å². The molecule has 0 radical (unpaired) electrons. The Balaban J connectivity index is 2.06. The van der Waals surface area contributed by atoms with Crippen LogP contribution in [0.2, 0.25) is 0 Å². The number of aryl methyl sites for hydroxylation is 1. The third-order valence-corrected chi connectivity index (χ3v) is 4.34. The number of halogens is 1. The summed E-state index contributed by atoms with van der Waals surface area (Å²) in [5.41, 5.74) is 1.06. The molecule has 2 rings (SSSR count). The van der Waals surface area contributed by atoms with Gasteiger partial charge in [0.2, 0.25) is 5.95 Å². The Morgan fingerprint density at radius 2 is 2.33 bits per heavy atom. The van der Waals surface area contributed by atoms with E-state index in [0.717, 1.165) is 29.2 Å². The van der Waals surface area contributed by atoms with Crippen LogP contribution >= 0.6 is 27.3 Å². The third kappa shape index (κ3) is 3.59. The van der Waals surface area contributed by atoms with Crippen LogP contribution in [-0.2, 0) is 6.54 Å². The van der Waals surface area contributed by atoms with E-state index in [-0.39, 0.29) is 0 Å². The smallest absolute Gasteiger partial charge is 0.203 e. The van der Waals surface area contributed by atoms with Crippen molar-refractivity contribution in [3.63, 3.8) is 0 Å². The lowest BCUT2D eigenvalue weighted by Gasteiger charge is -2.08. The number of hydrogen-bond acceptors (Lipinski definition) is 3. The molecule has 3 nitrogen and oxygen atoms in total. The zero-order chi connectivity index (χ0) is 13.0. The maximum atomic E-state index is 4.53. The molecule has 0 aliphatic carbocycles. The van der Waals surface area contributed by atoms with Gasteiger partial charge >= 0.3 is 0 Å². The summed E-state index contributed by atoms with van der Waals surface area (Å²) in [6, 6.07) is 2.16. The topological polar surface area (TPSA) is 29.9 Å². The molecule has 5 heteroatoms. The number of unbranched alkanes of at least 4 members (excludes halogenated alkanes) is 1. The monoisotopic (exact) mass is 327 g/mol. The zero-order valence-electron chi connectivity index (χ0n) is 10.7. The first kappa shape index (κ1) is 13.6. The molecule has 18 heavy (non-hydrogen) atoms. The first-order chi connectivity index (χ1) is 8.69. The molecule has 0 aliphatic heterocycles. The van der Waals surface area contributed by atoms with Crippen LogP contribution in [0.3, 0.4) is 0 Å². The number of aromatic nitrogens is 2. The summed E-state index contributed by atoms with van der Waals surface area (Å²) in [4.78, 5) is 5.86. The molecule has 0 fully saturated rings. The Morgan fingerprint density at radius 3 is 3.00 bits per heavy atom. The Hall–Kier alpha value is -0.810. The Labute approximate surface area is 120 Å². The molecule has 0 aliphatic rings. The normalized spacial score (nSPS) is 10.8. The SMILES string of the molecule is CCCCNc1nc(C)cn1Cc1cc(Br)cs1. The van der Waals surface area contributed by atoms with Crippen molar-refractivity contribution >= 4 is 33.2 Å². The molecule has 0 atom stereocenters. The predicted octanol–water partition coefficient (Wildman–Crippen LogP) is 4.28. The molecule has 1 N–H and O–H groups in total. The number of anilines is 1. The molecule has 2 aromatic rings. The van der Waals surface area contributed by atoms with Crippen molar-refractivity contribution in [3.8, 4) is 0 Å². The molecule has 0 spiro atoms. The van der Waals surface area contributed by atoms with Gasteiger partial charge in [-0.1, -0.05) is 13.3 Å². The first-order valence-corrected chi connectivity index (χ1v) is 7.87. The van der Waals surface area contributed by atoms with Crippen molar-refractivity contribution in [2.24, 2.45) is 0 Å².